The first kappa shape index (κ1) is 13.1. The third kappa shape index (κ3) is 3.84. The maximum atomic E-state index is 11.7. The molecule has 3 heteroatoms. The van der Waals surface area contributed by atoms with Gasteiger partial charge in [-0.15, -0.1) is 0 Å². The normalized spacial score (nSPS) is 15.2. The largest absolute Gasteiger partial charge is 0.356 e. The van der Waals surface area contributed by atoms with Crippen molar-refractivity contribution in [1.82, 2.24) is 10.6 Å². The predicted molar refractivity (Wildman–Crippen MR) is 73.5 cm³/mol. The van der Waals surface area contributed by atoms with Crippen molar-refractivity contribution in [3.63, 3.8) is 0 Å². The van der Waals surface area contributed by atoms with E-state index in [0.29, 0.717) is 12.3 Å². The zero-order valence-corrected chi connectivity index (χ0v) is 11.0. The fourth-order valence-corrected chi connectivity index (χ4v) is 2.04. The topological polar surface area (TPSA) is 41.1 Å². The summed E-state index contributed by atoms with van der Waals surface area (Å²) in [4.78, 5) is 11.7. The van der Waals surface area contributed by atoms with Gasteiger partial charge in [-0.05, 0) is 24.0 Å². The number of hydrogen-bond acceptors (Lipinski definition) is 2. The molecule has 0 spiro atoms. The maximum Gasteiger partial charge on any atom is 0.220 e. The summed E-state index contributed by atoms with van der Waals surface area (Å²) >= 11 is 0. The number of hydrogen-bond donors (Lipinski definition) is 2. The molecular weight excluding hydrogens is 224 g/mol. The average Bonchev–Trinajstić information content (AvgIpc) is 2.35. The van der Waals surface area contributed by atoms with Crippen LogP contribution >= 0.6 is 0 Å². The van der Waals surface area contributed by atoms with Gasteiger partial charge in [-0.25, -0.2) is 0 Å². The van der Waals surface area contributed by atoms with Gasteiger partial charge in [-0.2, -0.15) is 0 Å². The zero-order valence-electron chi connectivity index (χ0n) is 11.0. The number of carbonyl (C=O) groups excluding carboxylic acids is 1. The molecule has 2 N–H and O–H groups in total. The summed E-state index contributed by atoms with van der Waals surface area (Å²) in [6, 6.07) is 8.55. The number of carbonyl (C=O) groups is 1. The lowest BCUT2D eigenvalue weighted by Crippen LogP contribution is -2.48. The van der Waals surface area contributed by atoms with Crippen LogP contribution in [0.3, 0.4) is 0 Å². The van der Waals surface area contributed by atoms with Gasteiger partial charge >= 0.3 is 0 Å². The summed E-state index contributed by atoms with van der Waals surface area (Å²) in [5.74, 6) is 0.805. The second kappa shape index (κ2) is 6.55. The van der Waals surface area contributed by atoms with Crippen LogP contribution in [0.1, 0.15) is 24.5 Å². The van der Waals surface area contributed by atoms with Gasteiger partial charge in [0.1, 0.15) is 0 Å². The van der Waals surface area contributed by atoms with Crippen LogP contribution in [0.2, 0.25) is 0 Å². The monoisotopic (exact) mass is 246 g/mol. The van der Waals surface area contributed by atoms with Crippen molar-refractivity contribution in [2.24, 2.45) is 5.92 Å². The minimum Gasteiger partial charge on any atom is -0.356 e. The Kier molecular flexibility index (Phi) is 4.76. The fourth-order valence-electron chi connectivity index (χ4n) is 2.04. The Morgan fingerprint density at radius 1 is 1.28 bits per heavy atom. The Morgan fingerprint density at radius 3 is 2.50 bits per heavy atom. The van der Waals surface area contributed by atoms with Gasteiger partial charge in [-0.1, -0.05) is 31.2 Å². The highest BCUT2D eigenvalue weighted by molar-refractivity contribution is 5.76. The van der Waals surface area contributed by atoms with Gasteiger partial charge in [0, 0.05) is 32.0 Å². The second-order valence-electron chi connectivity index (χ2n) is 5.00. The molecule has 0 atom stereocenters. The molecule has 0 bridgehead atoms. The van der Waals surface area contributed by atoms with Crippen LogP contribution in [0.25, 0.3) is 0 Å². The molecule has 1 aromatic carbocycles. The molecule has 18 heavy (non-hydrogen) atoms. The molecule has 0 saturated carbocycles. The van der Waals surface area contributed by atoms with Crippen molar-refractivity contribution in [2.45, 2.75) is 26.2 Å². The van der Waals surface area contributed by atoms with E-state index in [4.69, 9.17) is 0 Å². The Bertz CT molecular complexity index is 382. The molecule has 1 aliphatic rings. The molecule has 3 nitrogen and oxygen atoms in total. The molecule has 0 aliphatic carbocycles. The summed E-state index contributed by atoms with van der Waals surface area (Å²) in [6.45, 7) is 5.05. The van der Waals surface area contributed by atoms with Crippen molar-refractivity contribution < 1.29 is 4.79 Å². The first-order valence-corrected chi connectivity index (χ1v) is 6.83. The Balaban J connectivity index is 1.67. The van der Waals surface area contributed by atoms with E-state index in [1.54, 1.807) is 0 Å². The molecule has 1 amide bonds. The van der Waals surface area contributed by atoms with Crippen molar-refractivity contribution in [2.75, 3.05) is 19.6 Å². The van der Waals surface area contributed by atoms with Gasteiger partial charge < -0.3 is 10.6 Å². The van der Waals surface area contributed by atoms with Crippen molar-refractivity contribution in [3.8, 4) is 0 Å². The van der Waals surface area contributed by atoms with E-state index in [-0.39, 0.29) is 5.91 Å². The van der Waals surface area contributed by atoms with Crippen molar-refractivity contribution >= 4 is 5.91 Å². The van der Waals surface area contributed by atoms with Crippen LogP contribution < -0.4 is 10.6 Å². The highest BCUT2D eigenvalue weighted by Crippen LogP contribution is 2.07. The molecule has 0 aromatic heterocycles. The number of aryl methyl sites for hydroxylation is 2. The third-order valence-corrected chi connectivity index (χ3v) is 3.53. The van der Waals surface area contributed by atoms with Gasteiger partial charge in [-0.3, -0.25) is 4.79 Å². The maximum absolute atomic E-state index is 11.7. The average molecular weight is 246 g/mol. The van der Waals surface area contributed by atoms with Crippen LogP contribution in [0.5, 0.6) is 0 Å². The SMILES string of the molecule is CCc1ccc(CCC(=O)NCC2CNC2)cc1. The van der Waals surface area contributed by atoms with E-state index in [1.807, 2.05) is 0 Å². The number of benzene rings is 1. The van der Waals surface area contributed by atoms with E-state index in [1.165, 1.54) is 11.1 Å². The number of rotatable bonds is 6. The quantitative estimate of drug-likeness (QED) is 0.799. The summed E-state index contributed by atoms with van der Waals surface area (Å²) in [5.41, 5.74) is 2.59. The molecule has 1 fully saturated rings. The fraction of sp³-hybridized carbons (Fsp3) is 0.533. The van der Waals surface area contributed by atoms with Crippen LogP contribution in [0.4, 0.5) is 0 Å². The van der Waals surface area contributed by atoms with E-state index in [9.17, 15) is 4.79 Å². The number of nitrogens with one attached hydrogen (secondary N) is 2. The minimum atomic E-state index is 0.168. The van der Waals surface area contributed by atoms with Crippen LogP contribution in [0.15, 0.2) is 24.3 Å². The first-order chi connectivity index (χ1) is 8.78. The molecule has 0 radical (unpaired) electrons. The molecule has 1 heterocycles. The van der Waals surface area contributed by atoms with Crippen LogP contribution in [-0.2, 0) is 17.6 Å². The molecule has 1 saturated heterocycles. The third-order valence-electron chi connectivity index (χ3n) is 3.53. The second-order valence-corrected chi connectivity index (χ2v) is 5.00. The van der Waals surface area contributed by atoms with Gasteiger partial charge in [0.15, 0.2) is 0 Å². The zero-order chi connectivity index (χ0) is 12.8. The molecule has 2 rings (SSSR count). The van der Waals surface area contributed by atoms with E-state index in [0.717, 1.165) is 32.5 Å². The Morgan fingerprint density at radius 2 is 1.94 bits per heavy atom. The molecule has 98 valence electrons. The molecule has 1 aromatic rings. The highest BCUT2D eigenvalue weighted by Gasteiger charge is 2.16. The lowest BCUT2D eigenvalue weighted by atomic mass is 10.0. The molecule has 1 aliphatic heterocycles. The Labute approximate surface area is 109 Å². The van der Waals surface area contributed by atoms with Gasteiger partial charge in [0.05, 0.1) is 0 Å². The van der Waals surface area contributed by atoms with E-state index < -0.39 is 0 Å². The van der Waals surface area contributed by atoms with Crippen LogP contribution in [-0.4, -0.2) is 25.5 Å². The Hall–Kier alpha value is -1.35. The molecule has 0 unspecified atom stereocenters. The van der Waals surface area contributed by atoms with Crippen molar-refractivity contribution in [3.05, 3.63) is 35.4 Å². The van der Waals surface area contributed by atoms with Gasteiger partial charge in [0.2, 0.25) is 5.91 Å². The van der Waals surface area contributed by atoms with Gasteiger partial charge in [0.25, 0.3) is 0 Å². The number of amides is 1. The summed E-state index contributed by atoms with van der Waals surface area (Å²) in [7, 11) is 0. The first-order valence-electron chi connectivity index (χ1n) is 6.83. The highest BCUT2D eigenvalue weighted by atomic mass is 16.1. The van der Waals surface area contributed by atoms with Crippen molar-refractivity contribution in [1.29, 1.82) is 0 Å². The van der Waals surface area contributed by atoms with E-state index in [2.05, 4.69) is 41.8 Å². The summed E-state index contributed by atoms with van der Waals surface area (Å²) in [6.07, 6.45) is 2.49. The predicted octanol–water partition coefficient (Wildman–Crippen LogP) is 1.52. The smallest absolute Gasteiger partial charge is 0.220 e. The van der Waals surface area contributed by atoms with Crippen LogP contribution in [0, 0.1) is 5.92 Å². The summed E-state index contributed by atoms with van der Waals surface area (Å²) < 4.78 is 0. The standard InChI is InChI=1S/C15H22N2O/c1-2-12-3-5-13(6-4-12)7-8-15(18)17-11-14-9-16-10-14/h3-6,14,16H,2,7-11H2,1H3,(H,17,18). The molecular formula is C15H22N2O. The minimum absolute atomic E-state index is 0.168. The lowest BCUT2D eigenvalue weighted by molar-refractivity contribution is -0.121. The summed E-state index contributed by atoms with van der Waals surface area (Å²) in [5, 5.41) is 6.20. The van der Waals surface area contributed by atoms with E-state index >= 15 is 0 Å². The lowest BCUT2D eigenvalue weighted by Gasteiger charge is -2.27.